The number of nitrogens with zero attached hydrogens (tertiary/aromatic N) is 3. The van der Waals surface area contributed by atoms with E-state index in [1.54, 1.807) is 10.7 Å². The number of nitrogens with one attached hydrogen (secondary N) is 2. The summed E-state index contributed by atoms with van der Waals surface area (Å²) in [5, 5.41) is 10.2. The standard InChI is InChI=1S/C21H22FN5O/c1-14-19(15(2)27(3)26-14)13-23-21(24-18-10-5-4-6-11-18)25-20(28)16-8-7-9-17(22)12-16/h4-12H,13H2,1-3H3,(H2,23,24,25,28). The van der Waals surface area contributed by atoms with E-state index in [1.807, 2.05) is 51.2 Å². The van der Waals surface area contributed by atoms with Crippen LogP contribution in [0.5, 0.6) is 0 Å². The second kappa shape index (κ2) is 8.47. The summed E-state index contributed by atoms with van der Waals surface area (Å²) in [6.45, 7) is 4.25. The van der Waals surface area contributed by atoms with Gasteiger partial charge in [0, 0.05) is 29.6 Å². The summed E-state index contributed by atoms with van der Waals surface area (Å²) in [5.74, 6) is -0.631. The molecule has 0 saturated carbocycles. The van der Waals surface area contributed by atoms with Gasteiger partial charge in [0.15, 0.2) is 0 Å². The van der Waals surface area contributed by atoms with Crippen LogP contribution < -0.4 is 10.6 Å². The third kappa shape index (κ3) is 4.62. The van der Waals surface area contributed by atoms with E-state index in [0.717, 1.165) is 22.6 Å². The molecule has 2 N–H and O–H groups in total. The molecule has 28 heavy (non-hydrogen) atoms. The van der Waals surface area contributed by atoms with E-state index in [9.17, 15) is 9.18 Å². The first-order valence-electron chi connectivity index (χ1n) is 8.86. The molecule has 0 fully saturated rings. The minimum Gasteiger partial charge on any atom is -0.326 e. The normalized spacial score (nSPS) is 11.4. The van der Waals surface area contributed by atoms with Gasteiger partial charge >= 0.3 is 0 Å². The highest BCUT2D eigenvalue weighted by Crippen LogP contribution is 2.13. The van der Waals surface area contributed by atoms with Gasteiger partial charge in [0.2, 0.25) is 5.96 Å². The average molecular weight is 379 g/mol. The number of carbonyl (C=O) groups is 1. The molecule has 1 aromatic heterocycles. The van der Waals surface area contributed by atoms with Crippen LogP contribution in [0.4, 0.5) is 10.1 Å². The number of para-hydroxylation sites is 1. The number of aromatic nitrogens is 2. The first-order valence-corrected chi connectivity index (χ1v) is 8.86. The third-order valence-corrected chi connectivity index (χ3v) is 4.41. The maximum Gasteiger partial charge on any atom is 0.258 e. The first-order chi connectivity index (χ1) is 13.4. The lowest BCUT2D eigenvalue weighted by Crippen LogP contribution is -2.36. The number of hydrogen-bond acceptors (Lipinski definition) is 3. The lowest BCUT2D eigenvalue weighted by Gasteiger charge is -2.12. The topological polar surface area (TPSA) is 71.3 Å². The summed E-state index contributed by atoms with van der Waals surface area (Å²) in [5.41, 5.74) is 3.89. The maximum absolute atomic E-state index is 13.4. The molecule has 0 atom stereocenters. The maximum atomic E-state index is 13.4. The van der Waals surface area contributed by atoms with E-state index in [2.05, 4.69) is 20.7 Å². The minimum atomic E-state index is -0.469. The fourth-order valence-corrected chi connectivity index (χ4v) is 2.78. The Bertz CT molecular complexity index is 1010. The van der Waals surface area contributed by atoms with Crippen LogP contribution in [0.1, 0.15) is 27.3 Å². The van der Waals surface area contributed by atoms with Gasteiger partial charge in [-0.25, -0.2) is 9.38 Å². The molecular weight excluding hydrogens is 357 g/mol. The highest BCUT2D eigenvalue weighted by Gasteiger charge is 2.12. The molecule has 144 valence electrons. The van der Waals surface area contributed by atoms with Crippen molar-refractivity contribution in [1.29, 1.82) is 0 Å². The molecule has 0 radical (unpaired) electrons. The Hall–Kier alpha value is -3.48. The van der Waals surface area contributed by atoms with Crippen molar-refractivity contribution in [1.82, 2.24) is 15.1 Å². The first kappa shape index (κ1) is 19.3. The van der Waals surface area contributed by atoms with Gasteiger partial charge in [-0.1, -0.05) is 24.3 Å². The molecule has 1 heterocycles. The van der Waals surface area contributed by atoms with Gasteiger partial charge < -0.3 is 5.32 Å². The molecule has 0 aliphatic rings. The number of halogens is 1. The van der Waals surface area contributed by atoms with Crippen LogP contribution in [0.15, 0.2) is 59.6 Å². The van der Waals surface area contributed by atoms with E-state index >= 15 is 0 Å². The number of guanidine groups is 1. The van der Waals surface area contributed by atoms with Crippen molar-refractivity contribution < 1.29 is 9.18 Å². The van der Waals surface area contributed by atoms with Gasteiger partial charge in [0.25, 0.3) is 5.91 Å². The van der Waals surface area contributed by atoms with Crippen molar-refractivity contribution in [3.63, 3.8) is 0 Å². The molecule has 2 aromatic carbocycles. The number of benzene rings is 2. The van der Waals surface area contributed by atoms with Gasteiger partial charge in [0.05, 0.1) is 12.2 Å². The van der Waals surface area contributed by atoms with Crippen LogP contribution in [0.25, 0.3) is 0 Å². The van der Waals surface area contributed by atoms with Crippen molar-refractivity contribution in [2.45, 2.75) is 20.4 Å². The smallest absolute Gasteiger partial charge is 0.258 e. The summed E-state index contributed by atoms with van der Waals surface area (Å²) < 4.78 is 15.2. The van der Waals surface area contributed by atoms with Gasteiger partial charge in [-0.3, -0.25) is 14.8 Å². The highest BCUT2D eigenvalue weighted by atomic mass is 19.1. The summed E-state index contributed by atoms with van der Waals surface area (Å²) in [7, 11) is 1.88. The van der Waals surface area contributed by atoms with E-state index in [1.165, 1.54) is 18.2 Å². The van der Waals surface area contributed by atoms with Crippen LogP contribution in [0.3, 0.4) is 0 Å². The van der Waals surface area contributed by atoms with Crippen molar-refractivity contribution in [2.24, 2.45) is 12.0 Å². The Labute approximate surface area is 163 Å². The molecule has 0 unspecified atom stereocenters. The molecule has 0 bridgehead atoms. The predicted octanol–water partition coefficient (Wildman–Crippen LogP) is 3.57. The van der Waals surface area contributed by atoms with E-state index in [0.29, 0.717) is 6.54 Å². The van der Waals surface area contributed by atoms with E-state index < -0.39 is 11.7 Å². The van der Waals surface area contributed by atoms with Crippen molar-refractivity contribution in [2.75, 3.05) is 5.32 Å². The van der Waals surface area contributed by atoms with Crippen LogP contribution >= 0.6 is 0 Å². The van der Waals surface area contributed by atoms with E-state index in [-0.39, 0.29) is 11.5 Å². The number of anilines is 1. The SMILES string of the molecule is Cc1nn(C)c(C)c1CN=C(NC(=O)c1cccc(F)c1)Nc1ccccc1. The number of hydrogen-bond donors (Lipinski definition) is 2. The van der Waals surface area contributed by atoms with Crippen molar-refractivity contribution in [3.05, 3.63) is 82.9 Å². The molecule has 0 spiro atoms. The van der Waals surface area contributed by atoms with E-state index in [4.69, 9.17) is 0 Å². The Morgan fingerprint density at radius 2 is 1.89 bits per heavy atom. The molecule has 7 heteroatoms. The van der Waals surface area contributed by atoms with Crippen molar-refractivity contribution >= 4 is 17.6 Å². The number of amides is 1. The zero-order valence-electron chi connectivity index (χ0n) is 16.0. The van der Waals surface area contributed by atoms with Gasteiger partial charge in [0.1, 0.15) is 5.82 Å². The third-order valence-electron chi connectivity index (χ3n) is 4.41. The lowest BCUT2D eigenvalue weighted by atomic mass is 10.2. The van der Waals surface area contributed by atoms with Crippen LogP contribution in [0, 0.1) is 19.7 Å². The molecule has 6 nitrogen and oxygen atoms in total. The Morgan fingerprint density at radius 3 is 2.54 bits per heavy atom. The molecule has 1 amide bonds. The van der Waals surface area contributed by atoms with Crippen molar-refractivity contribution in [3.8, 4) is 0 Å². The Morgan fingerprint density at radius 1 is 1.14 bits per heavy atom. The molecule has 3 aromatic rings. The fraction of sp³-hybridized carbons (Fsp3) is 0.190. The number of aryl methyl sites for hydroxylation is 2. The number of carbonyl (C=O) groups excluding carboxylic acids is 1. The lowest BCUT2D eigenvalue weighted by molar-refractivity contribution is 0.0976. The molecule has 0 aliphatic heterocycles. The molecule has 0 aliphatic carbocycles. The summed E-state index contributed by atoms with van der Waals surface area (Å²) >= 11 is 0. The quantitative estimate of drug-likeness (QED) is 0.538. The summed E-state index contributed by atoms with van der Waals surface area (Å²) in [4.78, 5) is 17.1. The van der Waals surface area contributed by atoms with Crippen LogP contribution in [0.2, 0.25) is 0 Å². The van der Waals surface area contributed by atoms with Gasteiger partial charge in [-0.15, -0.1) is 0 Å². The second-order valence-electron chi connectivity index (χ2n) is 6.39. The summed E-state index contributed by atoms with van der Waals surface area (Å²) in [6.07, 6.45) is 0. The average Bonchev–Trinajstić information content (AvgIpc) is 2.92. The Kier molecular flexibility index (Phi) is 5.84. The van der Waals surface area contributed by atoms with Gasteiger partial charge in [-0.2, -0.15) is 5.10 Å². The van der Waals surface area contributed by atoms with Gasteiger partial charge in [-0.05, 0) is 44.2 Å². The molecule has 3 rings (SSSR count). The van der Waals surface area contributed by atoms with Crippen LogP contribution in [-0.2, 0) is 13.6 Å². The monoisotopic (exact) mass is 379 g/mol. The summed E-state index contributed by atoms with van der Waals surface area (Å²) in [6, 6.07) is 14.9. The Balaban J connectivity index is 1.85. The largest absolute Gasteiger partial charge is 0.326 e. The second-order valence-corrected chi connectivity index (χ2v) is 6.39. The zero-order valence-corrected chi connectivity index (χ0v) is 16.0. The predicted molar refractivity (Wildman–Crippen MR) is 108 cm³/mol. The molecular formula is C21H22FN5O. The highest BCUT2D eigenvalue weighted by molar-refractivity contribution is 6.09. The minimum absolute atomic E-state index is 0.219. The molecule has 0 saturated heterocycles. The number of rotatable bonds is 4. The zero-order chi connectivity index (χ0) is 20.1. The number of aliphatic imine (C=N–C) groups is 1. The fourth-order valence-electron chi connectivity index (χ4n) is 2.78. The van der Waals surface area contributed by atoms with Crippen LogP contribution in [-0.4, -0.2) is 21.6 Å².